The first kappa shape index (κ1) is 11.0. The molecule has 1 rings (SSSR count). The average molecular weight is 198 g/mol. The van der Waals surface area contributed by atoms with E-state index in [-0.39, 0.29) is 6.61 Å². The maximum Gasteiger partial charge on any atom is 0.120 e. The number of hydrogen-bond acceptors (Lipinski definition) is 4. The molecule has 0 saturated heterocycles. The molecule has 0 fully saturated rings. The summed E-state index contributed by atoms with van der Waals surface area (Å²) < 4.78 is 5.00. The number of aliphatic hydroxyl groups excluding tert-OH is 1. The largest absolute Gasteiger partial charge is 0.497 e. The molecule has 0 aliphatic rings. The van der Waals surface area contributed by atoms with Crippen molar-refractivity contribution in [1.29, 1.82) is 0 Å². The van der Waals surface area contributed by atoms with Crippen LogP contribution in [0.4, 0.5) is 0 Å². The Hall–Kier alpha value is -1.10. The van der Waals surface area contributed by atoms with Gasteiger partial charge in [-0.2, -0.15) is 0 Å². The second-order valence-corrected chi connectivity index (χ2v) is 2.96. The van der Waals surface area contributed by atoms with E-state index in [1.54, 1.807) is 7.11 Å². The summed E-state index contributed by atoms with van der Waals surface area (Å²) in [5.74, 6) is 0.777. The van der Waals surface area contributed by atoms with E-state index in [0.717, 1.165) is 11.3 Å². The van der Waals surface area contributed by atoms with Crippen LogP contribution >= 0.6 is 0 Å². The third-order valence-corrected chi connectivity index (χ3v) is 1.98. The minimum absolute atomic E-state index is 0.206. The Morgan fingerprint density at radius 2 is 1.93 bits per heavy atom. The summed E-state index contributed by atoms with van der Waals surface area (Å²) in [7, 11) is 1.60. The highest BCUT2D eigenvalue weighted by Gasteiger charge is 2.08. The molecular weight excluding hydrogens is 184 g/mol. The van der Waals surface area contributed by atoms with Crippen LogP contribution < -0.4 is 4.74 Å². The summed E-state index contributed by atoms with van der Waals surface area (Å²) in [5, 5.41) is 17.2. The first-order chi connectivity index (χ1) is 6.80. The van der Waals surface area contributed by atoms with E-state index in [2.05, 4.69) is 4.89 Å². The zero-order valence-electron chi connectivity index (χ0n) is 8.01. The first-order valence-corrected chi connectivity index (χ1v) is 4.34. The molecule has 0 spiro atoms. The van der Waals surface area contributed by atoms with Crippen LogP contribution in [0.3, 0.4) is 0 Å². The van der Waals surface area contributed by atoms with Gasteiger partial charge >= 0.3 is 0 Å². The van der Waals surface area contributed by atoms with Gasteiger partial charge in [-0.05, 0) is 17.7 Å². The standard InChI is InChI=1S/C10H14O4/c1-13-9-4-2-8(3-5-9)6-10(7-11)14-12/h2-5,10-12H,6-7H2,1H3. The Labute approximate surface area is 82.6 Å². The van der Waals surface area contributed by atoms with E-state index in [9.17, 15) is 0 Å². The van der Waals surface area contributed by atoms with Crippen molar-refractivity contribution in [1.82, 2.24) is 0 Å². The fourth-order valence-electron chi connectivity index (χ4n) is 1.16. The number of hydrogen-bond donors (Lipinski definition) is 2. The molecule has 2 N–H and O–H groups in total. The van der Waals surface area contributed by atoms with Crippen molar-refractivity contribution in [3.8, 4) is 5.75 Å². The third-order valence-electron chi connectivity index (χ3n) is 1.98. The Balaban J connectivity index is 2.58. The van der Waals surface area contributed by atoms with Crippen LogP contribution in [0.25, 0.3) is 0 Å². The van der Waals surface area contributed by atoms with Gasteiger partial charge in [0.15, 0.2) is 0 Å². The predicted molar refractivity (Wildman–Crippen MR) is 51.3 cm³/mol. The molecule has 1 atom stereocenters. The Kier molecular flexibility index (Phi) is 4.39. The quantitative estimate of drug-likeness (QED) is 0.549. The van der Waals surface area contributed by atoms with Gasteiger partial charge in [-0.1, -0.05) is 12.1 Å². The summed E-state index contributed by atoms with van der Waals surface area (Å²) in [6.07, 6.45) is -0.0971. The molecule has 0 aromatic heterocycles. The van der Waals surface area contributed by atoms with Crippen molar-refractivity contribution >= 4 is 0 Å². The molecule has 4 nitrogen and oxygen atoms in total. The number of methoxy groups -OCH3 is 1. The van der Waals surface area contributed by atoms with Crippen LogP contribution in [-0.4, -0.2) is 30.2 Å². The summed E-state index contributed by atoms with van der Waals surface area (Å²) in [4.78, 5) is 4.08. The Morgan fingerprint density at radius 1 is 1.29 bits per heavy atom. The Morgan fingerprint density at radius 3 is 2.36 bits per heavy atom. The van der Waals surface area contributed by atoms with E-state index in [0.29, 0.717) is 6.42 Å². The fourth-order valence-corrected chi connectivity index (χ4v) is 1.16. The molecule has 78 valence electrons. The van der Waals surface area contributed by atoms with Gasteiger partial charge in [0.25, 0.3) is 0 Å². The number of ether oxygens (including phenoxy) is 1. The zero-order chi connectivity index (χ0) is 10.4. The minimum atomic E-state index is -0.566. The molecule has 0 amide bonds. The molecule has 0 heterocycles. The normalized spacial score (nSPS) is 12.5. The highest BCUT2D eigenvalue weighted by atomic mass is 17.1. The van der Waals surface area contributed by atoms with Crippen LogP contribution in [0.1, 0.15) is 5.56 Å². The van der Waals surface area contributed by atoms with E-state index >= 15 is 0 Å². The van der Waals surface area contributed by atoms with Crippen molar-refractivity contribution in [3.63, 3.8) is 0 Å². The van der Waals surface area contributed by atoms with Gasteiger partial charge in [-0.3, -0.25) is 5.26 Å². The van der Waals surface area contributed by atoms with E-state index in [1.807, 2.05) is 24.3 Å². The molecule has 1 unspecified atom stereocenters. The summed E-state index contributed by atoms with van der Waals surface area (Å²) >= 11 is 0. The van der Waals surface area contributed by atoms with Gasteiger partial charge in [0.05, 0.1) is 13.7 Å². The molecule has 0 bridgehead atoms. The molecule has 4 heteroatoms. The highest BCUT2D eigenvalue weighted by molar-refractivity contribution is 5.27. The van der Waals surface area contributed by atoms with Gasteiger partial charge in [0.2, 0.25) is 0 Å². The summed E-state index contributed by atoms with van der Waals surface area (Å²) in [5.41, 5.74) is 0.971. The summed E-state index contributed by atoms with van der Waals surface area (Å²) in [6.45, 7) is -0.206. The van der Waals surface area contributed by atoms with E-state index in [4.69, 9.17) is 15.1 Å². The molecule has 1 aromatic rings. The number of benzene rings is 1. The predicted octanol–water partition coefficient (Wildman–Crippen LogP) is 1.09. The van der Waals surface area contributed by atoms with Gasteiger partial charge in [-0.25, -0.2) is 4.89 Å². The van der Waals surface area contributed by atoms with Gasteiger partial charge in [0, 0.05) is 6.42 Å². The second kappa shape index (κ2) is 5.59. The fraction of sp³-hybridized carbons (Fsp3) is 0.400. The second-order valence-electron chi connectivity index (χ2n) is 2.96. The monoisotopic (exact) mass is 198 g/mol. The van der Waals surface area contributed by atoms with Crippen LogP contribution in [0.2, 0.25) is 0 Å². The van der Waals surface area contributed by atoms with Crippen molar-refractivity contribution in [2.45, 2.75) is 12.5 Å². The maximum absolute atomic E-state index is 8.78. The van der Waals surface area contributed by atoms with Crippen LogP contribution in [0, 0.1) is 0 Å². The molecular formula is C10H14O4. The smallest absolute Gasteiger partial charge is 0.120 e. The molecule has 0 radical (unpaired) electrons. The molecule has 0 aliphatic heterocycles. The molecule has 14 heavy (non-hydrogen) atoms. The summed E-state index contributed by atoms with van der Waals surface area (Å²) in [6, 6.07) is 7.36. The number of aliphatic hydroxyl groups is 1. The van der Waals surface area contributed by atoms with Gasteiger partial charge in [-0.15, -0.1) is 0 Å². The SMILES string of the molecule is COc1ccc(CC(CO)OO)cc1. The third kappa shape index (κ3) is 2.99. The maximum atomic E-state index is 8.78. The molecule has 0 saturated carbocycles. The van der Waals surface area contributed by atoms with Crippen molar-refractivity contribution < 1.29 is 20.0 Å². The average Bonchev–Trinajstić information content (AvgIpc) is 2.26. The van der Waals surface area contributed by atoms with Gasteiger partial charge < -0.3 is 9.84 Å². The first-order valence-electron chi connectivity index (χ1n) is 4.34. The van der Waals surface area contributed by atoms with Gasteiger partial charge in [0.1, 0.15) is 11.9 Å². The lowest BCUT2D eigenvalue weighted by atomic mass is 10.1. The Bertz CT molecular complexity index is 253. The van der Waals surface area contributed by atoms with Crippen molar-refractivity contribution in [3.05, 3.63) is 29.8 Å². The van der Waals surface area contributed by atoms with Crippen LogP contribution in [0.15, 0.2) is 24.3 Å². The van der Waals surface area contributed by atoms with Crippen LogP contribution in [0.5, 0.6) is 5.75 Å². The lowest BCUT2D eigenvalue weighted by Gasteiger charge is -2.10. The zero-order valence-corrected chi connectivity index (χ0v) is 8.01. The lowest BCUT2D eigenvalue weighted by molar-refractivity contribution is -0.284. The van der Waals surface area contributed by atoms with Crippen molar-refractivity contribution in [2.75, 3.05) is 13.7 Å². The highest BCUT2D eigenvalue weighted by Crippen LogP contribution is 2.13. The molecule has 0 aliphatic carbocycles. The minimum Gasteiger partial charge on any atom is -0.497 e. The van der Waals surface area contributed by atoms with E-state index in [1.165, 1.54) is 0 Å². The van der Waals surface area contributed by atoms with E-state index < -0.39 is 6.10 Å². The van der Waals surface area contributed by atoms with Crippen LogP contribution in [-0.2, 0) is 11.3 Å². The van der Waals surface area contributed by atoms with Crippen molar-refractivity contribution in [2.24, 2.45) is 0 Å². The topological polar surface area (TPSA) is 58.9 Å². The number of rotatable bonds is 5. The lowest BCUT2D eigenvalue weighted by Crippen LogP contribution is -2.18. The molecule has 1 aromatic carbocycles.